The number of aryl methyl sites for hydroxylation is 2. The van der Waals surface area contributed by atoms with E-state index in [1.165, 1.54) is 22.5 Å². The molecular weight excluding hydrogens is 384 g/mol. The maximum Gasteiger partial charge on any atom is 0.253 e. The van der Waals surface area contributed by atoms with Crippen LogP contribution >= 0.6 is 11.6 Å². The van der Waals surface area contributed by atoms with Crippen molar-refractivity contribution in [3.05, 3.63) is 63.7 Å². The van der Waals surface area contributed by atoms with Gasteiger partial charge in [-0.2, -0.15) is 4.31 Å². The van der Waals surface area contributed by atoms with E-state index in [1.54, 1.807) is 13.8 Å². The zero-order valence-electron chi connectivity index (χ0n) is 16.0. The lowest BCUT2D eigenvalue weighted by Gasteiger charge is -2.19. The average molecular weight is 409 g/mol. The molecule has 0 saturated heterocycles. The summed E-state index contributed by atoms with van der Waals surface area (Å²) < 4.78 is 26.7. The largest absolute Gasteiger partial charge is 0.348 e. The van der Waals surface area contributed by atoms with E-state index in [2.05, 4.69) is 5.32 Å². The van der Waals surface area contributed by atoms with Crippen LogP contribution in [0.1, 0.15) is 40.9 Å². The Morgan fingerprint density at radius 1 is 1.07 bits per heavy atom. The second-order valence-electron chi connectivity index (χ2n) is 6.34. The molecule has 0 bridgehead atoms. The Kier molecular flexibility index (Phi) is 7.03. The van der Waals surface area contributed by atoms with Gasteiger partial charge in [-0.25, -0.2) is 8.42 Å². The van der Waals surface area contributed by atoms with Crippen molar-refractivity contribution in [1.82, 2.24) is 9.62 Å². The predicted molar refractivity (Wildman–Crippen MR) is 109 cm³/mol. The molecule has 0 aliphatic rings. The van der Waals surface area contributed by atoms with Gasteiger partial charge in [-0.1, -0.05) is 49.2 Å². The fourth-order valence-corrected chi connectivity index (χ4v) is 4.55. The van der Waals surface area contributed by atoms with Crippen molar-refractivity contribution in [3.63, 3.8) is 0 Å². The number of rotatable bonds is 7. The van der Waals surface area contributed by atoms with Crippen molar-refractivity contribution in [1.29, 1.82) is 0 Å². The highest BCUT2D eigenvalue weighted by Crippen LogP contribution is 2.23. The number of nitrogens with zero attached hydrogens (tertiary/aromatic N) is 1. The number of hydrogen-bond acceptors (Lipinski definition) is 3. The Bertz CT molecular complexity index is 938. The van der Waals surface area contributed by atoms with Gasteiger partial charge in [-0.05, 0) is 43.2 Å². The topological polar surface area (TPSA) is 66.5 Å². The van der Waals surface area contributed by atoms with E-state index < -0.39 is 15.9 Å². The van der Waals surface area contributed by atoms with Gasteiger partial charge in [0, 0.05) is 19.6 Å². The third-order valence-corrected chi connectivity index (χ3v) is 6.84. The number of hydrogen-bond donors (Lipinski definition) is 1. The quantitative estimate of drug-likeness (QED) is 0.755. The summed E-state index contributed by atoms with van der Waals surface area (Å²) in [5, 5.41) is 3.03. The van der Waals surface area contributed by atoms with Crippen LogP contribution in [0.15, 0.2) is 41.3 Å². The van der Waals surface area contributed by atoms with Gasteiger partial charge in [0.15, 0.2) is 0 Å². The number of carbonyl (C=O) groups excluding carboxylic acids is 1. The molecule has 0 radical (unpaired) electrons. The average Bonchev–Trinajstić information content (AvgIpc) is 2.61. The standard InChI is InChI=1S/C20H25ClN2O3S/c1-5-23(6-2)27(25,26)17-9-10-19(21)18(12-17)20(24)22-13-16-8-7-14(3)11-15(16)4/h7-12H,5-6,13H2,1-4H3,(H,22,24). The lowest BCUT2D eigenvalue weighted by Crippen LogP contribution is -2.31. The molecule has 0 unspecified atom stereocenters. The molecule has 0 spiro atoms. The van der Waals surface area contributed by atoms with Crippen LogP contribution < -0.4 is 5.32 Å². The minimum absolute atomic E-state index is 0.0623. The Labute approximate surface area is 166 Å². The lowest BCUT2D eigenvalue weighted by atomic mass is 10.1. The molecule has 0 aromatic heterocycles. The first-order valence-corrected chi connectivity index (χ1v) is 10.7. The number of benzene rings is 2. The van der Waals surface area contributed by atoms with Crippen LogP contribution in [-0.2, 0) is 16.6 Å². The zero-order valence-corrected chi connectivity index (χ0v) is 17.6. The van der Waals surface area contributed by atoms with E-state index >= 15 is 0 Å². The molecule has 0 atom stereocenters. The highest BCUT2D eigenvalue weighted by Gasteiger charge is 2.23. The molecular formula is C20H25ClN2O3S. The van der Waals surface area contributed by atoms with Gasteiger partial charge in [0.05, 0.1) is 15.5 Å². The van der Waals surface area contributed by atoms with Crippen LogP contribution in [0.5, 0.6) is 0 Å². The van der Waals surface area contributed by atoms with Gasteiger partial charge in [-0.3, -0.25) is 4.79 Å². The summed E-state index contributed by atoms with van der Waals surface area (Å²) in [6, 6.07) is 10.2. The number of nitrogens with one attached hydrogen (secondary N) is 1. The summed E-state index contributed by atoms with van der Waals surface area (Å²) in [4.78, 5) is 12.7. The second-order valence-corrected chi connectivity index (χ2v) is 8.69. The van der Waals surface area contributed by atoms with Crippen LogP contribution in [0.4, 0.5) is 0 Å². The first kappa shape index (κ1) is 21.4. The molecule has 0 fully saturated rings. The summed E-state index contributed by atoms with van der Waals surface area (Å²) >= 11 is 6.15. The molecule has 7 heteroatoms. The second kappa shape index (κ2) is 8.87. The minimum atomic E-state index is -3.66. The van der Waals surface area contributed by atoms with Crippen molar-refractivity contribution in [2.75, 3.05) is 13.1 Å². The van der Waals surface area contributed by atoms with Gasteiger partial charge in [-0.15, -0.1) is 0 Å². The molecule has 1 N–H and O–H groups in total. The predicted octanol–water partition coefficient (Wildman–Crippen LogP) is 3.92. The Hall–Kier alpha value is -1.89. The molecule has 146 valence electrons. The van der Waals surface area contributed by atoms with Gasteiger partial charge in [0.1, 0.15) is 0 Å². The van der Waals surface area contributed by atoms with Crippen LogP contribution in [0.25, 0.3) is 0 Å². The van der Waals surface area contributed by atoms with Crippen LogP contribution in [0.2, 0.25) is 5.02 Å². The third-order valence-electron chi connectivity index (χ3n) is 4.46. The normalized spacial score (nSPS) is 11.6. The van der Waals surface area contributed by atoms with E-state index in [1.807, 2.05) is 32.0 Å². The van der Waals surface area contributed by atoms with Crippen molar-refractivity contribution in [2.45, 2.75) is 39.1 Å². The molecule has 27 heavy (non-hydrogen) atoms. The van der Waals surface area contributed by atoms with Gasteiger partial charge in [0.2, 0.25) is 10.0 Å². The zero-order chi connectivity index (χ0) is 20.2. The lowest BCUT2D eigenvalue weighted by molar-refractivity contribution is 0.0951. The van der Waals surface area contributed by atoms with Crippen LogP contribution in [-0.4, -0.2) is 31.7 Å². The highest BCUT2D eigenvalue weighted by molar-refractivity contribution is 7.89. The molecule has 0 saturated carbocycles. The maximum absolute atomic E-state index is 12.7. The first-order chi connectivity index (χ1) is 12.7. The molecule has 0 heterocycles. The van der Waals surface area contributed by atoms with Crippen molar-refractivity contribution >= 4 is 27.5 Å². The summed E-state index contributed by atoms with van der Waals surface area (Å²) in [5.74, 6) is -0.406. The van der Waals surface area contributed by atoms with Gasteiger partial charge in [0.25, 0.3) is 5.91 Å². The maximum atomic E-state index is 12.7. The first-order valence-electron chi connectivity index (χ1n) is 8.84. The summed E-state index contributed by atoms with van der Waals surface area (Å²) in [6.45, 7) is 8.60. The number of carbonyl (C=O) groups is 1. The van der Waals surface area contributed by atoms with Crippen LogP contribution in [0, 0.1) is 13.8 Å². The van der Waals surface area contributed by atoms with Gasteiger partial charge < -0.3 is 5.32 Å². The molecule has 2 aromatic rings. The molecule has 2 aromatic carbocycles. The van der Waals surface area contributed by atoms with Gasteiger partial charge >= 0.3 is 0 Å². The van der Waals surface area contributed by atoms with Crippen molar-refractivity contribution in [2.24, 2.45) is 0 Å². The molecule has 5 nitrogen and oxygen atoms in total. The molecule has 0 aliphatic carbocycles. The summed E-state index contributed by atoms with van der Waals surface area (Å²) in [7, 11) is -3.66. The Morgan fingerprint density at radius 2 is 1.74 bits per heavy atom. The fourth-order valence-electron chi connectivity index (χ4n) is 2.87. The monoisotopic (exact) mass is 408 g/mol. The van der Waals surface area contributed by atoms with E-state index in [-0.39, 0.29) is 15.5 Å². The van der Waals surface area contributed by atoms with Crippen LogP contribution in [0.3, 0.4) is 0 Å². The molecule has 1 amide bonds. The smallest absolute Gasteiger partial charge is 0.253 e. The van der Waals surface area contributed by atoms with E-state index in [0.717, 1.165) is 16.7 Å². The molecule has 0 aliphatic heterocycles. The number of amides is 1. The SMILES string of the molecule is CCN(CC)S(=O)(=O)c1ccc(Cl)c(C(=O)NCc2ccc(C)cc2C)c1. The minimum Gasteiger partial charge on any atom is -0.348 e. The fraction of sp³-hybridized carbons (Fsp3) is 0.350. The van der Waals surface area contributed by atoms with Crippen molar-refractivity contribution in [3.8, 4) is 0 Å². The third kappa shape index (κ3) is 4.89. The van der Waals surface area contributed by atoms with Crippen molar-refractivity contribution < 1.29 is 13.2 Å². The van der Waals surface area contributed by atoms with E-state index in [0.29, 0.717) is 19.6 Å². The Morgan fingerprint density at radius 3 is 2.33 bits per heavy atom. The Balaban J connectivity index is 2.26. The highest BCUT2D eigenvalue weighted by atomic mass is 35.5. The number of sulfonamides is 1. The van der Waals surface area contributed by atoms with E-state index in [9.17, 15) is 13.2 Å². The summed E-state index contributed by atoms with van der Waals surface area (Å²) in [5.41, 5.74) is 3.38. The summed E-state index contributed by atoms with van der Waals surface area (Å²) in [6.07, 6.45) is 0. The van der Waals surface area contributed by atoms with E-state index in [4.69, 9.17) is 11.6 Å². The number of halogens is 1. The molecule has 2 rings (SSSR count).